The average molecular weight is 211 g/mol. The van der Waals surface area contributed by atoms with E-state index in [0.717, 1.165) is 6.42 Å². The van der Waals surface area contributed by atoms with E-state index < -0.39 is 6.04 Å². The summed E-state index contributed by atoms with van der Waals surface area (Å²) in [6.07, 6.45) is 0.867. The Morgan fingerprint density at radius 2 is 2.40 bits per heavy atom. The van der Waals surface area contributed by atoms with Crippen LogP contribution in [0.15, 0.2) is 10.6 Å². The van der Waals surface area contributed by atoms with Crippen molar-refractivity contribution >= 4 is 11.7 Å². The van der Waals surface area contributed by atoms with Crippen molar-refractivity contribution in [3.63, 3.8) is 0 Å². The lowest BCUT2D eigenvalue weighted by atomic mass is 9.99. The van der Waals surface area contributed by atoms with Crippen molar-refractivity contribution in [2.75, 3.05) is 5.32 Å². The van der Waals surface area contributed by atoms with Crippen LogP contribution in [0.4, 0.5) is 5.82 Å². The van der Waals surface area contributed by atoms with Crippen molar-refractivity contribution in [1.82, 2.24) is 5.16 Å². The highest BCUT2D eigenvalue weighted by molar-refractivity contribution is 5.94. The summed E-state index contributed by atoms with van der Waals surface area (Å²) in [6.45, 7) is 5.70. The maximum atomic E-state index is 11.6. The molecule has 0 aliphatic rings. The number of amides is 1. The zero-order valence-corrected chi connectivity index (χ0v) is 9.28. The molecule has 0 saturated carbocycles. The van der Waals surface area contributed by atoms with Gasteiger partial charge in [0.25, 0.3) is 0 Å². The van der Waals surface area contributed by atoms with E-state index in [4.69, 9.17) is 10.3 Å². The van der Waals surface area contributed by atoms with Crippen LogP contribution < -0.4 is 11.1 Å². The third-order valence-electron chi connectivity index (χ3n) is 2.44. The van der Waals surface area contributed by atoms with Gasteiger partial charge in [-0.1, -0.05) is 25.4 Å². The van der Waals surface area contributed by atoms with Gasteiger partial charge in [-0.05, 0) is 12.8 Å². The standard InChI is InChI=1S/C10H17N3O2/c1-4-6(2)9(11)10(14)12-8-5-7(3)15-13-8/h5-6,9H,4,11H2,1-3H3,(H,12,13,14)/t6-,9-/m0/s1. The third kappa shape index (κ3) is 3.06. The topological polar surface area (TPSA) is 81.2 Å². The Bertz CT molecular complexity index is 335. The summed E-state index contributed by atoms with van der Waals surface area (Å²) in [5.41, 5.74) is 5.76. The first-order valence-corrected chi connectivity index (χ1v) is 5.04. The minimum Gasteiger partial charge on any atom is -0.360 e. The summed E-state index contributed by atoms with van der Waals surface area (Å²) in [6, 6.07) is 1.15. The Hall–Kier alpha value is -1.36. The average Bonchev–Trinajstić information content (AvgIpc) is 2.61. The maximum Gasteiger partial charge on any atom is 0.242 e. The number of rotatable bonds is 4. The first-order valence-electron chi connectivity index (χ1n) is 5.04. The number of carbonyl (C=O) groups is 1. The van der Waals surface area contributed by atoms with Crippen LogP contribution in [0.2, 0.25) is 0 Å². The highest BCUT2D eigenvalue weighted by atomic mass is 16.5. The molecule has 3 N–H and O–H groups in total. The quantitative estimate of drug-likeness (QED) is 0.786. The molecule has 1 aromatic rings. The SMILES string of the molecule is CC[C@H](C)[C@H](N)C(=O)Nc1cc(C)on1. The van der Waals surface area contributed by atoms with Gasteiger partial charge in [0.05, 0.1) is 6.04 Å². The Morgan fingerprint density at radius 1 is 1.73 bits per heavy atom. The second-order valence-corrected chi connectivity index (χ2v) is 3.72. The summed E-state index contributed by atoms with van der Waals surface area (Å²) in [5.74, 6) is 0.995. The fourth-order valence-corrected chi connectivity index (χ4v) is 1.15. The van der Waals surface area contributed by atoms with Crippen molar-refractivity contribution in [3.05, 3.63) is 11.8 Å². The Kier molecular flexibility index (Phi) is 3.85. The normalized spacial score (nSPS) is 14.7. The lowest BCUT2D eigenvalue weighted by molar-refractivity contribution is -0.118. The van der Waals surface area contributed by atoms with E-state index in [1.165, 1.54) is 0 Å². The van der Waals surface area contributed by atoms with Crippen molar-refractivity contribution in [1.29, 1.82) is 0 Å². The van der Waals surface area contributed by atoms with Gasteiger partial charge in [0.1, 0.15) is 5.76 Å². The second kappa shape index (κ2) is 4.93. The smallest absolute Gasteiger partial charge is 0.242 e. The van der Waals surface area contributed by atoms with Crippen molar-refractivity contribution in [2.45, 2.75) is 33.2 Å². The first-order chi connectivity index (χ1) is 7.04. The van der Waals surface area contributed by atoms with E-state index in [0.29, 0.717) is 11.6 Å². The van der Waals surface area contributed by atoms with E-state index in [1.54, 1.807) is 13.0 Å². The molecule has 0 fully saturated rings. The van der Waals surface area contributed by atoms with Crippen LogP contribution >= 0.6 is 0 Å². The van der Waals surface area contributed by atoms with Crippen molar-refractivity contribution in [3.8, 4) is 0 Å². The molecule has 0 unspecified atom stereocenters. The van der Waals surface area contributed by atoms with E-state index in [2.05, 4.69) is 10.5 Å². The number of aryl methyl sites for hydroxylation is 1. The lowest BCUT2D eigenvalue weighted by Crippen LogP contribution is -2.40. The van der Waals surface area contributed by atoms with Crippen LogP contribution in [-0.4, -0.2) is 17.1 Å². The van der Waals surface area contributed by atoms with E-state index in [9.17, 15) is 4.79 Å². The molecular formula is C10H17N3O2. The number of nitrogens with zero attached hydrogens (tertiary/aromatic N) is 1. The van der Waals surface area contributed by atoms with Gasteiger partial charge in [-0.25, -0.2) is 0 Å². The number of carbonyl (C=O) groups excluding carboxylic acids is 1. The fraction of sp³-hybridized carbons (Fsp3) is 0.600. The zero-order chi connectivity index (χ0) is 11.4. The molecule has 0 radical (unpaired) electrons. The molecular weight excluding hydrogens is 194 g/mol. The van der Waals surface area contributed by atoms with Gasteiger partial charge in [-0.15, -0.1) is 0 Å². The predicted octanol–water partition coefficient (Wildman–Crippen LogP) is 1.29. The van der Waals surface area contributed by atoms with Crippen LogP contribution in [0, 0.1) is 12.8 Å². The van der Waals surface area contributed by atoms with E-state index in [1.807, 2.05) is 13.8 Å². The number of nitrogens with two attached hydrogens (primary N) is 1. The maximum absolute atomic E-state index is 11.6. The molecule has 84 valence electrons. The summed E-state index contributed by atoms with van der Waals surface area (Å²) < 4.78 is 4.83. The van der Waals surface area contributed by atoms with Gasteiger partial charge in [-0.2, -0.15) is 0 Å². The van der Waals surface area contributed by atoms with E-state index in [-0.39, 0.29) is 11.8 Å². The van der Waals surface area contributed by atoms with Gasteiger partial charge in [0, 0.05) is 6.07 Å². The Labute approximate surface area is 89.0 Å². The Morgan fingerprint density at radius 3 is 2.87 bits per heavy atom. The zero-order valence-electron chi connectivity index (χ0n) is 9.28. The molecule has 0 aliphatic carbocycles. The van der Waals surface area contributed by atoms with Crippen molar-refractivity contribution < 1.29 is 9.32 Å². The molecule has 2 atom stereocenters. The summed E-state index contributed by atoms with van der Waals surface area (Å²) in [4.78, 5) is 11.6. The number of anilines is 1. The molecule has 5 nitrogen and oxygen atoms in total. The molecule has 1 rings (SSSR count). The molecule has 0 aliphatic heterocycles. The van der Waals surface area contributed by atoms with Gasteiger partial charge < -0.3 is 15.6 Å². The minimum absolute atomic E-state index is 0.151. The fourth-order valence-electron chi connectivity index (χ4n) is 1.15. The number of nitrogens with one attached hydrogen (secondary N) is 1. The van der Waals surface area contributed by atoms with Gasteiger partial charge in [0.15, 0.2) is 5.82 Å². The number of aromatic nitrogens is 1. The Balaban J connectivity index is 2.55. The van der Waals surface area contributed by atoms with Gasteiger partial charge >= 0.3 is 0 Å². The molecule has 15 heavy (non-hydrogen) atoms. The highest BCUT2D eigenvalue weighted by Crippen LogP contribution is 2.10. The van der Waals surface area contributed by atoms with Crippen LogP contribution in [0.1, 0.15) is 26.0 Å². The summed E-state index contributed by atoms with van der Waals surface area (Å²) in [7, 11) is 0. The van der Waals surface area contributed by atoms with Crippen LogP contribution in [0.25, 0.3) is 0 Å². The molecule has 1 heterocycles. The molecule has 0 spiro atoms. The minimum atomic E-state index is -0.507. The molecule has 1 amide bonds. The molecule has 5 heteroatoms. The largest absolute Gasteiger partial charge is 0.360 e. The van der Waals surface area contributed by atoms with Crippen LogP contribution in [0.3, 0.4) is 0 Å². The number of hydrogen-bond acceptors (Lipinski definition) is 4. The molecule has 1 aromatic heterocycles. The summed E-state index contributed by atoms with van der Waals surface area (Å²) in [5, 5.41) is 6.27. The molecule has 0 bridgehead atoms. The van der Waals surface area contributed by atoms with Gasteiger partial charge in [0.2, 0.25) is 5.91 Å². The first kappa shape index (κ1) is 11.7. The monoisotopic (exact) mass is 211 g/mol. The predicted molar refractivity (Wildman–Crippen MR) is 57.3 cm³/mol. The van der Waals surface area contributed by atoms with E-state index >= 15 is 0 Å². The van der Waals surface area contributed by atoms with Crippen LogP contribution in [-0.2, 0) is 4.79 Å². The lowest BCUT2D eigenvalue weighted by Gasteiger charge is -2.16. The van der Waals surface area contributed by atoms with Gasteiger partial charge in [-0.3, -0.25) is 4.79 Å². The van der Waals surface area contributed by atoms with Crippen molar-refractivity contribution in [2.24, 2.45) is 11.7 Å². The number of hydrogen-bond donors (Lipinski definition) is 2. The highest BCUT2D eigenvalue weighted by Gasteiger charge is 2.20. The van der Waals surface area contributed by atoms with Crippen LogP contribution in [0.5, 0.6) is 0 Å². The molecule has 0 aromatic carbocycles. The third-order valence-corrected chi connectivity index (χ3v) is 2.44. The molecule has 0 saturated heterocycles. The summed E-state index contributed by atoms with van der Waals surface area (Å²) >= 11 is 0. The second-order valence-electron chi connectivity index (χ2n) is 3.72.